The SMILES string of the molecule is O=C(c1cscn1)N1CCC(O)(Cn2ccc3ccncc32)CC1. The quantitative estimate of drug-likeness (QED) is 0.792. The molecule has 1 amide bonds. The van der Waals surface area contributed by atoms with Crippen LogP contribution in [0.3, 0.4) is 0 Å². The number of carbonyl (C=O) groups excluding carboxylic acids is 1. The molecule has 4 rings (SSSR count). The van der Waals surface area contributed by atoms with E-state index in [9.17, 15) is 9.90 Å². The van der Waals surface area contributed by atoms with Crippen LogP contribution in [-0.4, -0.2) is 49.1 Å². The van der Waals surface area contributed by atoms with Crippen LogP contribution in [0, 0.1) is 0 Å². The lowest BCUT2D eigenvalue weighted by Crippen LogP contribution is -2.48. The summed E-state index contributed by atoms with van der Waals surface area (Å²) < 4.78 is 2.04. The van der Waals surface area contributed by atoms with Gasteiger partial charge < -0.3 is 14.6 Å². The number of carbonyl (C=O) groups is 1. The van der Waals surface area contributed by atoms with Gasteiger partial charge in [0.25, 0.3) is 5.91 Å². The third kappa shape index (κ3) is 2.81. The minimum absolute atomic E-state index is 0.0473. The van der Waals surface area contributed by atoms with Crippen LogP contribution in [0.1, 0.15) is 23.3 Å². The maximum Gasteiger partial charge on any atom is 0.273 e. The van der Waals surface area contributed by atoms with Gasteiger partial charge in [-0.25, -0.2) is 4.98 Å². The lowest BCUT2D eigenvalue weighted by Gasteiger charge is -2.38. The zero-order chi connectivity index (χ0) is 16.6. The summed E-state index contributed by atoms with van der Waals surface area (Å²) in [4.78, 5) is 22.4. The molecule has 1 saturated heterocycles. The fourth-order valence-corrected chi connectivity index (χ4v) is 3.77. The minimum Gasteiger partial charge on any atom is -0.388 e. The molecule has 124 valence electrons. The number of hydrogen-bond acceptors (Lipinski definition) is 5. The van der Waals surface area contributed by atoms with Crippen LogP contribution in [0.4, 0.5) is 0 Å². The molecule has 0 radical (unpaired) electrons. The van der Waals surface area contributed by atoms with E-state index >= 15 is 0 Å². The summed E-state index contributed by atoms with van der Waals surface area (Å²) in [5, 5.41) is 13.8. The molecule has 7 heteroatoms. The van der Waals surface area contributed by atoms with Crippen molar-refractivity contribution in [2.24, 2.45) is 0 Å². The van der Waals surface area contributed by atoms with Gasteiger partial charge in [0.15, 0.2) is 0 Å². The lowest BCUT2D eigenvalue weighted by molar-refractivity contribution is -0.0284. The van der Waals surface area contributed by atoms with E-state index in [4.69, 9.17) is 0 Å². The van der Waals surface area contributed by atoms with E-state index in [0.29, 0.717) is 38.2 Å². The molecular weight excluding hydrogens is 324 g/mol. The molecular formula is C17H18N4O2S. The Kier molecular flexibility index (Phi) is 3.82. The molecule has 3 aromatic heterocycles. The average Bonchev–Trinajstić information content (AvgIpc) is 3.25. The summed E-state index contributed by atoms with van der Waals surface area (Å²) in [5.74, 6) is -0.0473. The lowest BCUT2D eigenvalue weighted by atomic mass is 9.91. The van der Waals surface area contributed by atoms with Gasteiger partial charge in [-0.1, -0.05) is 0 Å². The van der Waals surface area contributed by atoms with Gasteiger partial charge in [0.1, 0.15) is 5.69 Å². The highest BCUT2D eigenvalue weighted by molar-refractivity contribution is 7.07. The van der Waals surface area contributed by atoms with Gasteiger partial charge in [0.2, 0.25) is 0 Å². The van der Waals surface area contributed by atoms with E-state index in [2.05, 4.69) is 9.97 Å². The molecule has 1 aliphatic rings. The van der Waals surface area contributed by atoms with Crippen molar-refractivity contribution in [3.8, 4) is 0 Å². The second-order valence-electron chi connectivity index (χ2n) is 6.27. The Balaban J connectivity index is 1.45. The second kappa shape index (κ2) is 5.99. The van der Waals surface area contributed by atoms with Gasteiger partial charge in [-0.2, -0.15) is 0 Å². The smallest absolute Gasteiger partial charge is 0.273 e. The summed E-state index contributed by atoms with van der Waals surface area (Å²) in [5.41, 5.74) is 2.37. The molecule has 1 N–H and O–H groups in total. The minimum atomic E-state index is -0.805. The molecule has 0 bridgehead atoms. The van der Waals surface area contributed by atoms with Crippen LogP contribution in [0.15, 0.2) is 41.6 Å². The Morgan fingerprint density at radius 2 is 2.17 bits per heavy atom. The molecule has 4 heterocycles. The van der Waals surface area contributed by atoms with Crippen molar-refractivity contribution < 1.29 is 9.90 Å². The highest BCUT2D eigenvalue weighted by Gasteiger charge is 2.35. The number of nitrogens with zero attached hydrogens (tertiary/aromatic N) is 4. The third-order valence-corrected chi connectivity index (χ3v) is 5.26. The molecule has 0 saturated carbocycles. The van der Waals surface area contributed by atoms with Crippen molar-refractivity contribution in [2.75, 3.05) is 13.1 Å². The van der Waals surface area contributed by atoms with Crippen LogP contribution >= 0.6 is 11.3 Å². The van der Waals surface area contributed by atoms with Gasteiger partial charge in [-0.05, 0) is 25.0 Å². The van der Waals surface area contributed by atoms with E-state index in [0.717, 1.165) is 10.9 Å². The molecule has 0 spiro atoms. The zero-order valence-electron chi connectivity index (χ0n) is 13.1. The number of pyridine rings is 1. The summed E-state index contributed by atoms with van der Waals surface area (Å²) in [6, 6.07) is 3.99. The van der Waals surface area contributed by atoms with Crippen LogP contribution in [0.2, 0.25) is 0 Å². The summed E-state index contributed by atoms with van der Waals surface area (Å²) in [7, 11) is 0. The molecule has 3 aromatic rings. The average molecular weight is 342 g/mol. The summed E-state index contributed by atoms with van der Waals surface area (Å²) >= 11 is 1.42. The summed E-state index contributed by atoms with van der Waals surface area (Å²) in [6.07, 6.45) is 6.69. The predicted molar refractivity (Wildman–Crippen MR) is 91.9 cm³/mol. The van der Waals surface area contributed by atoms with Gasteiger partial charge >= 0.3 is 0 Å². The van der Waals surface area contributed by atoms with Crippen molar-refractivity contribution >= 4 is 28.1 Å². The van der Waals surface area contributed by atoms with Crippen molar-refractivity contribution in [3.05, 3.63) is 47.3 Å². The zero-order valence-corrected chi connectivity index (χ0v) is 13.9. The van der Waals surface area contributed by atoms with Crippen molar-refractivity contribution in [2.45, 2.75) is 25.0 Å². The van der Waals surface area contributed by atoms with Crippen molar-refractivity contribution in [1.82, 2.24) is 19.4 Å². The molecule has 24 heavy (non-hydrogen) atoms. The van der Waals surface area contributed by atoms with E-state index in [1.54, 1.807) is 22.0 Å². The fourth-order valence-electron chi connectivity index (χ4n) is 3.25. The topological polar surface area (TPSA) is 71.2 Å². The Bertz CT molecular complexity index is 850. The molecule has 0 unspecified atom stereocenters. The van der Waals surface area contributed by atoms with Crippen LogP contribution in [-0.2, 0) is 6.54 Å². The largest absolute Gasteiger partial charge is 0.388 e. The second-order valence-corrected chi connectivity index (χ2v) is 6.99. The van der Waals surface area contributed by atoms with Gasteiger partial charge in [-0.15, -0.1) is 11.3 Å². The number of fused-ring (bicyclic) bond motifs is 1. The Labute approximate surface area is 143 Å². The molecule has 0 atom stereocenters. The standard InChI is InChI=1S/C17H18N4O2S/c22-16(14-10-24-12-19-14)20-7-3-17(23,4-8-20)11-21-6-2-13-1-5-18-9-15(13)21/h1-2,5-6,9-10,12,23H,3-4,7-8,11H2. The Morgan fingerprint density at radius 3 is 2.92 bits per heavy atom. The predicted octanol–water partition coefficient (Wildman–Crippen LogP) is 2.16. The molecule has 0 aliphatic carbocycles. The van der Waals surface area contributed by atoms with Gasteiger partial charge in [0.05, 0.1) is 29.4 Å². The third-order valence-electron chi connectivity index (χ3n) is 4.67. The van der Waals surface area contributed by atoms with Crippen LogP contribution < -0.4 is 0 Å². The van der Waals surface area contributed by atoms with E-state index < -0.39 is 5.60 Å². The number of amides is 1. The number of aliphatic hydroxyl groups is 1. The van der Waals surface area contributed by atoms with E-state index in [1.165, 1.54) is 11.3 Å². The molecule has 1 fully saturated rings. The number of aromatic nitrogens is 3. The molecule has 1 aliphatic heterocycles. The van der Waals surface area contributed by atoms with E-state index in [1.807, 2.05) is 29.1 Å². The Hall–Kier alpha value is -2.25. The maximum atomic E-state index is 12.3. The number of likely N-dealkylation sites (tertiary alicyclic amines) is 1. The highest BCUT2D eigenvalue weighted by Crippen LogP contribution is 2.27. The highest BCUT2D eigenvalue weighted by atomic mass is 32.1. The number of hydrogen-bond donors (Lipinski definition) is 1. The number of piperidine rings is 1. The monoisotopic (exact) mass is 342 g/mol. The van der Waals surface area contributed by atoms with Crippen LogP contribution in [0.25, 0.3) is 10.9 Å². The normalized spacial score (nSPS) is 17.3. The maximum absolute atomic E-state index is 12.3. The van der Waals surface area contributed by atoms with Gasteiger partial charge in [-0.3, -0.25) is 9.78 Å². The number of rotatable bonds is 3. The molecule has 6 nitrogen and oxygen atoms in total. The van der Waals surface area contributed by atoms with Crippen molar-refractivity contribution in [3.63, 3.8) is 0 Å². The Morgan fingerprint density at radius 1 is 1.33 bits per heavy atom. The first kappa shape index (κ1) is 15.3. The first-order valence-electron chi connectivity index (χ1n) is 7.93. The van der Waals surface area contributed by atoms with Crippen LogP contribution in [0.5, 0.6) is 0 Å². The fraction of sp³-hybridized carbons (Fsp3) is 0.353. The summed E-state index contributed by atoms with van der Waals surface area (Å²) in [6.45, 7) is 1.61. The van der Waals surface area contributed by atoms with E-state index in [-0.39, 0.29) is 5.91 Å². The number of thiazole rings is 1. The van der Waals surface area contributed by atoms with Gasteiger partial charge in [0, 0.05) is 36.2 Å². The van der Waals surface area contributed by atoms with Crippen molar-refractivity contribution in [1.29, 1.82) is 0 Å². The first-order valence-corrected chi connectivity index (χ1v) is 8.88. The first-order chi connectivity index (χ1) is 11.6. The molecule has 0 aromatic carbocycles.